The lowest BCUT2D eigenvalue weighted by Crippen LogP contribution is -2.38. The molecule has 0 saturated carbocycles. The second kappa shape index (κ2) is 6.36. The Bertz CT molecular complexity index is 358. The van der Waals surface area contributed by atoms with Gasteiger partial charge in [-0.1, -0.05) is 0 Å². The van der Waals surface area contributed by atoms with Crippen LogP contribution in [0.25, 0.3) is 0 Å². The Morgan fingerprint density at radius 2 is 2.28 bits per heavy atom. The van der Waals surface area contributed by atoms with Crippen LogP contribution in [-0.4, -0.2) is 37.7 Å². The van der Waals surface area contributed by atoms with E-state index in [4.69, 9.17) is 14.9 Å². The minimum absolute atomic E-state index is 0.143. The maximum Gasteiger partial charge on any atom is 0.122 e. The monoisotopic (exact) mass is 252 g/mol. The fraction of sp³-hybridized carbons (Fsp3) is 0.714. The number of likely N-dealkylation sites (N-methyl/N-ethyl adjacent to an activating group) is 1. The van der Waals surface area contributed by atoms with E-state index in [9.17, 15) is 0 Å². The van der Waals surface area contributed by atoms with Gasteiger partial charge >= 0.3 is 0 Å². The molecule has 2 rings (SSSR count). The van der Waals surface area contributed by atoms with E-state index in [1.807, 2.05) is 19.1 Å². The molecule has 4 nitrogen and oxygen atoms in total. The van der Waals surface area contributed by atoms with Crippen LogP contribution in [0.2, 0.25) is 0 Å². The first-order valence-electron chi connectivity index (χ1n) is 6.79. The molecule has 1 aliphatic heterocycles. The first kappa shape index (κ1) is 13.6. The van der Waals surface area contributed by atoms with Gasteiger partial charge in [-0.05, 0) is 45.4 Å². The van der Waals surface area contributed by atoms with E-state index in [1.54, 1.807) is 0 Å². The normalized spacial score (nSPS) is 22.3. The molecule has 0 aromatic carbocycles. The van der Waals surface area contributed by atoms with Crippen LogP contribution in [0.1, 0.15) is 36.8 Å². The van der Waals surface area contributed by atoms with Crippen molar-refractivity contribution in [1.29, 1.82) is 0 Å². The standard InChI is InChI=1S/C14H24N2O2/c1-11-6-7-14(18-11)13(9-15)16(2)10-12-5-3-4-8-17-12/h6-7,12-13H,3-5,8-10,15H2,1-2H3. The van der Waals surface area contributed by atoms with Crippen molar-refractivity contribution in [2.75, 3.05) is 26.7 Å². The van der Waals surface area contributed by atoms with E-state index < -0.39 is 0 Å². The van der Waals surface area contributed by atoms with Crippen molar-refractivity contribution in [2.24, 2.45) is 5.73 Å². The van der Waals surface area contributed by atoms with Crippen molar-refractivity contribution in [3.8, 4) is 0 Å². The number of hydrogen-bond acceptors (Lipinski definition) is 4. The zero-order valence-corrected chi connectivity index (χ0v) is 11.4. The third-order valence-corrected chi connectivity index (χ3v) is 3.61. The third kappa shape index (κ3) is 3.34. The molecule has 1 aliphatic rings. The lowest BCUT2D eigenvalue weighted by molar-refractivity contribution is -0.00920. The average molecular weight is 252 g/mol. The van der Waals surface area contributed by atoms with Crippen LogP contribution in [0.15, 0.2) is 16.5 Å². The van der Waals surface area contributed by atoms with Crippen molar-refractivity contribution in [1.82, 2.24) is 4.90 Å². The molecule has 102 valence electrons. The van der Waals surface area contributed by atoms with Crippen LogP contribution in [-0.2, 0) is 4.74 Å². The predicted octanol–water partition coefficient (Wildman–Crippen LogP) is 2.09. The highest BCUT2D eigenvalue weighted by atomic mass is 16.5. The summed E-state index contributed by atoms with van der Waals surface area (Å²) in [5, 5.41) is 0. The number of furan rings is 1. The number of hydrogen-bond donors (Lipinski definition) is 1. The second-order valence-corrected chi connectivity index (χ2v) is 5.13. The lowest BCUT2D eigenvalue weighted by Gasteiger charge is -2.31. The Morgan fingerprint density at radius 1 is 1.44 bits per heavy atom. The summed E-state index contributed by atoms with van der Waals surface area (Å²) in [5.74, 6) is 1.89. The molecule has 2 atom stereocenters. The zero-order chi connectivity index (χ0) is 13.0. The van der Waals surface area contributed by atoms with Gasteiger partial charge in [-0.2, -0.15) is 0 Å². The number of ether oxygens (including phenoxy) is 1. The van der Waals surface area contributed by atoms with Crippen LogP contribution in [0, 0.1) is 6.92 Å². The topological polar surface area (TPSA) is 51.6 Å². The average Bonchev–Trinajstić information content (AvgIpc) is 2.78. The van der Waals surface area contributed by atoms with Gasteiger partial charge in [-0.3, -0.25) is 4.90 Å². The molecule has 0 aliphatic carbocycles. The second-order valence-electron chi connectivity index (χ2n) is 5.13. The molecular weight excluding hydrogens is 228 g/mol. The van der Waals surface area contributed by atoms with Gasteiger partial charge in [-0.25, -0.2) is 0 Å². The highest BCUT2D eigenvalue weighted by Gasteiger charge is 2.23. The van der Waals surface area contributed by atoms with Gasteiger partial charge in [0.2, 0.25) is 0 Å². The smallest absolute Gasteiger partial charge is 0.122 e. The molecule has 1 fully saturated rings. The molecule has 4 heteroatoms. The summed E-state index contributed by atoms with van der Waals surface area (Å²) in [6, 6.07) is 4.15. The Morgan fingerprint density at radius 3 is 2.83 bits per heavy atom. The lowest BCUT2D eigenvalue weighted by atomic mass is 10.1. The Labute approximate surface area is 109 Å². The molecule has 18 heavy (non-hydrogen) atoms. The van der Waals surface area contributed by atoms with E-state index in [0.717, 1.165) is 31.1 Å². The fourth-order valence-electron chi connectivity index (χ4n) is 2.55. The van der Waals surface area contributed by atoms with E-state index in [0.29, 0.717) is 12.6 Å². The van der Waals surface area contributed by atoms with Gasteiger partial charge in [0.1, 0.15) is 11.5 Å². The van der Waals surface area contributed by atoms with Crippen LogP contribution in [0.4, 0.5) is 0 Å². The summed E-state index contributed by atoms with van der Waals surface area (Å²) < 4.78 is 11.5. The number of nitrogens with zero attached hydrogens (tertiary/aromatic N) is 1. The molecule has 2 unspecified atom stereocenters. The van der Waals surface area contributed by atoms with E-state index in [1.165, 1.54) is 12.8 Å². The molecule has 2 N–H and O–H groups in total. The highest BCUT2D eigenvalue weighted by Crippen LogP contribution is 2.22. The maximum absolute atomic E-state index is 5.88. The van der Waals surface area contributed by atoms with Crippen LogP contribution < -0.4 is 5.73 Å². The van der Waals surface area contributed by atoms with Gasteiger partial charge in [0.05, 0.1) is 12.1 Å². The number of aryl methyl sites for hydroxylation is 1. The minimum Gasteiger partial charge on any atom is -0.465 e. The molecule has 2 heterocycles. The molecule has 1 saturated heterocycles. The summed E-state index contributed by atoms with van der Waals surface area (Å²) in [6.45, 7) is 4.34. The van der Waals surface area contributed by atoms with Gasteiger partial charge in [-0.15, -0.1) is 0 Å². The van der Waals surface area contributed by atoms with Crippen LogP contribution >= 0.6 is 0 Å². The van der Waals surface area contributed by atoms with Gasteiger partial charge < -0.3 is 14.9 Å². The van der Waals surface area contributed by atoms with Gasteiger partial charge in [0.25, 0.3) is 0 Å². The summed E-state index contributed by atoms with van der Waals surface area (Å²) >= 11 is 0. The molecule has 1 aromatic heterocycles. The number of nitrogens with two attached hydrogens (primary N) is 1. The maximum atomic E-state index is 5.88. The summed E-state index contributed by atoms with van der Waals surface area (Å²) in [6.07, 6.45) is 3.96. The molecule has 0 bridgehead atoms. The largest absolute Gasteiger partial charge is 0.465 e. The van der Waals surface area contributed by atoms with Gasteiger partial charge in [0, 0.05) is 19.7 Å². The molecule has 0 spiro atoms. The number of rotatable bonds is 5. The van der Waals surface area contributed by atoms with Crippen molar-refractivity contribution in [2.45, 2.75) is 38.3 Å². The Kier molecular flexibility index (Phi) is 4.80. The zero-order valence-electron chi connectivity index (χ0n) is 11.4. The van der Waals surface area contributed by atoms with Crippen LogP contribution in [0.3, 0.4) is 0 Å². The van der Waals surface area contributed by atoms with Crippen molar-refractivity contribution >= 4 is 0 Å². The van der Waals surface area contributed by atoms with E-state index >= 15 is 0 Å². The molecule has 0 radical (unpaired) electrons. The highest BCUT2D eigenvalue weighted by molar-refractivity contribution is 5.10. The molecular formula is C14H24N2O2. The SMILES string of the molecule is Cc1ccc(C(CN)N(C)CC2CCCCO2)o1. The molecule has 1 aromatic rings. The predicted molar refractivity (Wildman–Crippen MR) is 71.5 cm³/mol. The fourth-order valence-corrected chi connectivity index (χ4v) is 2.55. The first-order valence-corrected chi connectivity index (χ1v) is 6.79. The minimum atomic E-state index is 0.143. The van der Waals surface area contributed by atoms with Gasteiger partial charge in [0.15, 0.2) is 0 Å². The van der Waals surface area contributed by atoms with Crippen molar-refractivity contribution in [3.63, 3.8) is 0 Å². The van der Waals surface area contributed by atoms with E-state index in [2.05, 4.69) is 11.9 Å². The third-order valence-electron chi connectivity index (χ3n) is 3.61. The Balaban J connectivity index is 1.94. The summed E-state index contributed by atoms with van der Waals surface area (Å²) in [4.78, 5) is 2.24. The summed E-state index contributed by atoms with van der Waals surface area (Å²) in [5.41, 5.74) is 5.88. The Hall–Kier alpha value is -0.840. The van der Waals surface area contributed by atoms with Crippen molar-refractivity contribution < 1.29 is 9.15 Å². The van der Waals surface area contributed by atoms with Crippen molar-refractivity contribution in [3.05, 3.63) is 23.7 Å². The quantitative estimate of drug-likeness (QED) is 0.872. The van der Waals surface area contributed by atoms with E-state index in [-0.39, 0.29) is 6.04 Å². The summed E-state index contributed by atoms with van der Waals surface area (Å²) in [7, 11) is 2.09. The van der Waals surface area contributed by atoms with Crippen LogP contribution in [0.5, 0.6) is 0 Å². The first-order chi connectivity index (χ1) is 8.70. The molecule has 0 amide bonds.